The molecule has 1 N–H and O–H groups in total. The summed E-state index contributed by atoms with van der Waals surface area (Å²) in [5.41, 5.74) is 0.932. The summed E-state index contributed by atoms with van der Waals surface area (Å²) < 4.78 is 25.4. The molecule has 1 fully saturated rings. The van der Waals surface area contributed by atoms with Crippen LogP contribution in [-0.4, -0.2) is 59.3 Å². The fourth-order valence-electron chi connectivity index (χ4n) is 2.69. The second kappa shape index (κ2) is 5.79. The number of aromatic nitrogens is 2. The third-order valence-electron chi connectivity index (χ3n) is 4.13. The Balaban J connectivity index is 1.67. The number of rotatable bonds is 2. The van der Waals surface area contributed by atoms with E-state index in [1.165, 1.54) is 0 Å². The van der Waals surface area contributed by atoms with Crippen molar-refractivity contribution in [2.24, 2.45) is 4.99 Å². The van der Waals surface area contributed by atoms with Crippen LogP contribution in [0.15, 0.2) is 22.8 Å². The molecule has 1 aliphatic rings. The molecule has 2 aromatic rings. The van der Waals surface area contributed by atoms with Crippen LogP contribution in [0.25, 0.3) is 4.96 Å². The summed E-state index contributed by atoms with van der Waals surface area (Å²) in [6.07, 6.45) is 3.96. The van der Waals surface area contributed by atoms with Crippen molar-refractivity contribution in [2.75, 3.05) is 25.9 Å². The summed E-state index contributed by atoms with van der Waals surface area (Å²) in [5, 5.41) is 5.28. The van der Waals surface area contributed by atoms with Crippen molar-refractivity contribution < 1.29 is 8.42 Å². The van der Waals surface area contributed by atoms with Crippen molar-refractivity contribution in [1.82, 2.24) is 19.6 Å². The highest BCUT2D eigenvalue weighted by molar-refractivity contribution is 7.92. The third kappa shape index (κ3) is 3.07. The zero-order chi connectivity index (χ0) is 16.7. The first-order chi connectivity index (χ1) is 10.8. The molecule has 126 valence electrons. The monoisotopic (exact) mass is 355 g/mol. The van der Waals surface area contributed by atoms with E-state index in [9.17, 15) is 8.42 Å². The molecular formula is C14H21N5O2S2. The van der Waals surface area contributed by atoms with E-state index in [1.54, 1.807) is 32.2 Å². The standard InChI is InChI=1S/C14H21N5O2S2/c1-14(2)10-19(5-7-23(14,20)21)12(15-3)16-8-11-9-18-4-6-22-13(18)17-11/h4,6,9H,5,7-8,10H2,1-3H3,(H,15,16). The lowest BCUT2D eigenvalue weighted by Crippen LogP contribution is -2.57. The SMILES string of the molecule is CN=C(NCc1cn2ccsc2n1)N1CCS(=O)(=O)C(C)(C)C1. The molecule has 2 aromatic heterocycles. The van der Waals surface area contributed by atoms with Crippen LogP contribution in [0, 0.1) is 0 Å². The summed E-state index contributed by atoms with van der Waals surface area (Å²) in [4.78, 5) is 11.8. The Bertz CT molecular complexity index is 806. The molecule has 0 bridgehead atoms. The summed E-state index contributed by atoms with van der Waals surface area (Å²) in [6.45, 7) is 5.00. The highest BCUT2D eigenvalue weighted by atomic mass is 32.2. The van der Waals surface area contributed by atoms with Crippen LogP contribution in [0.3, 0.4) is 0 Å². The molecule has 1 saturated heterocycles. The quantitative estimate of drug-likeness (QED) is 0.642. The lowest BCUT2D eigenvalue weighted by atomic mass is 10.2. The first kappa shape index (κ1) is 16.3. The summed E-state index contributed by atoms with van der Waals surface area (Å²) >= 11 is 1.59. The van der Waals surface area contributed by atoms with Gasteiger partial charge in [-0.25, -0.2) is 13.4 Å². The first-order valence-electron chi connectivity index (χ1n) is 7.41. The second-order valence-electron chi connectivity index (χ2n) is 6.23. The number of thiazole rings is 1. The Hall–Kier alpha value is -1.61. The average molecular weight is 355 g/mol. The minimum Gasteiger partial charge on any atom is -0.351 e. The molecule has 0 amide bonds. The Morgan fingerprint density at radius 2 is 2.30 bits per heavy atom. The van der Waals surface area contributed by atoms with E-state index in [2.05, 4.69) is 15.3 Å². The zero-order valence-electron chi connectivity index (χ0n) is 13.5. The average Bonchev–Trinajstić information content (AvgIpc) is 3.04. The number of sulfone groups is 1. The van der Waals surface area contributed by atoms with E-state index in [1.807, 2.05) is 27.1 Å². The molecule has 9 heteroatoms. The van der Waals surface area contributed by atoms with Crippen LogP contribution >= 0.6 is 11.3 Å². The molecule has 0 atom stereocenters. The van der Waals surface area contributed by atoms with Gasteiger partial charge in [-0.05, 0) is 13.8 Å². The van der Waals surface area contributed by atoms with Crippen molar-refractivity contribution >= 4 is 32.1 Å². The largest absolute Gasteiger partial charge is 0.351 e. The molecule has 3 heterocycles. The second-order valence-corrected chi connectivity index (χ2v) is 9.84. The molecule has 0 saturated carbocycles. The zero-order valence-corrected chi connectivity index (χ0v) is 15.1. The van der Waals surface area contributed by atoms with Gasteiger partial charge in [0.05, 0.1) is 22.7 Å². The van der Waals surface area contributed by atoms with Gasteiger partial charge in [-0.15, -0.1) is 11.3 Å². The van der Waals surface area contributed by atoms with Gasteiger partial charge in [0.25, 0.3) is 0 Å². The van der Waals surface area contributed by atoms with Crippen molar-refractivity contribution in [3.8, 4) is 0 Å². The van der Waals surface area contributed by atoms with Gasteiger partial charge in [-0.2, -0.15) is 0 Å². The summed E-state index contributed by atoms with van der Waals surface area (Å²) in [5.74, 6) is 0.866. The van der Waals surface area contributed by atoms with Crippen molar-refractivity contribution in [3.63, 3.8) is 0 Å². The molecule has 0 unspecified atom stereocenters. The van der Waals surface area contributed by atoms with Gasteiger partial charge in [0, 0.05) is 37.9 Å². The molecule has 0 aliphatic carbocycles. The van der Waals surface area contributed by atoms with E-state index < -0.39 is 14.6 Å². The molecule has 23 heavy (non-hydrogen) atoms. The van der Waals surface area contributed by atoms with Gasteiger partial charge >= 0.3 is 0 Å². The molecule has 0 radical (unpaired) electrons. The van der Waals surface area contributed by atoms with E-state index >= 15 is 0 Å². The number of fused-ring (bicyclic) bond motifs is 1. The van der Waals surface area contributed by atoms with Gasteiger partial charge in [0.2, 0.25) is 0 Å². The number of hydrogen-bond acceptors (Lipinski definition) is 5. The molecule has 0 aromatic carbocycles. The lowest BCUT2D eigenvalue weighted by molar-refractivity contribution is 0.353. The van der Waals surface area contributed by atoms with Crippen LogP contribution in [-0.2, 0) is 16.4 Å². The van der Waals surface area contributed by atoms with Gasteiger partial charge < -0.3 is 10.2 Å². The van der Waals surface area contributed by atoms with Crippen molar-refractivity contribution in [2.45, 2.75) is 25.1 Å². The van der Waals surface area contributed by atoms with E-state index in [0.29, 0.717) is 25.6 Å². The Morgan fingerprint density at radius 3 is 2.96 bits per heavy atom. The summed E-state index contributed by atoms with van der Waals surface area (Å²) in [6, 6.07) is 0. The topological polar surface area (TPSA) is 79.1 Å². The smallest absolute Gasteiger partial charge is 0.194 e. The van der Waals surface area contributed by atoms with Gasteiger partial charge in [-0.3, -0.25) is 9.39 Å². The number of imidazole rings is 1. The van der Waals surface area contributed by atoms with Crippen LogP contribution in [0.1, 0.15) is 19.5 Å². The highest BCUT2D eigenvalue weighted by Crippen LogP contribution is 2.23. The Kier molecular flexibility index (Phi) is 4.09. The molecule has 1 aliphatic heterocycles. The molecule has 3 rings (SSSR count). The van der Waals surface area contributed by atoms with Crippen LogP contribution in [0.4, 0.5) is 0 Å². The number of nitrogens with zero attached hydrogens (tertiary/aromatic N) is 4. The van der Waals surface area contributed by atoms with Gasteiger partial charge in [-0.1, -0.05) is 0 Å². The minimum atomic E-state index is -3.05. The molecule has 0 spiro atoms. The minimum absolute atomic E-state index is 0.154. The van der Waals surface area contributed by atoms with E-state index in [-0.39, 0.29) is 5.75 Å². The maximum absolute atomic E-state index is 12.1. The van der Waals surface area contributed by atoms with Crippen LogP contribution in [0.5, 0.6) is 0 Å². The van der Waals surface area contributed by atoms with Gasteiger partial charge in [0.15, 0.2) is 20.8 Å². The van der Waals surface area contributed by atoms with E-state index in [0.717, 1.165) is 10.7 Å². The number of nitrogens with one attached hydrogen (secondary N) is 1. The fraction of sp³-hybridized carbons (Fsp3) is 0.571. The number of hydrogen-bond donors (Lipinski definition) is 1. The van der Waals surface area contributed by atoms with Crippen LogP contribution in [0.2, 0.25) is 0 Å². The fourth-order valence-corrected chi connectivity index (χ4v) is 4.77. The Morgan fingerprint density at radius 1 is 1.52 bits per heavy atom. The third-order valence-corrected chi connectivity index (χ3v) is 7.43. The predicted octanol–water partition coefficient (Wildman–Crippen LogP) is 0.980. The summed E-state index contributed by atoms with van der Waals surface area (Å²) in [7, 11) is -1.34. The molecular weight excluding hydrogens is 334 g/mol. The lowest BCUT2D eigenvalue weighted by Gasteiger charge is -2.39. The van der Waals surface area contributed by atoms with Crippen LogP contribution < -0.4 is 5.32 Å². The van der Waals surface area contributed by atoms with Gasteiger partial charge in [0.1, 0.15) is 0 Å². The Labute approximate surface area is 140 Å². The van der Waals surface area contributed by atoms with Crippen molar-refractivity contribution in [1.29, 1.82) is 0 Å². The predicted molar refractivity (Wildman–Crippen MR) is 92.7 cm³/mol. The normalized spacial score (nSPS) is 20.8. The number of aliphatic imine (C=N–C) groups is 1. The van der Waals surface area contributed by atoms with E-state index in [4.69, 9.17) is 0 Å². The molecule has 7 nitrogen and oxygen atoms in total. The van der Waals surface area contributed by atoms with Crippen molar-refractivity contribution in [3.05, 3.63) is 23.5 Å². The number of guanidine groups is 1. The maximum atomic E-state index is 12.1. The first-order valence-corrected chi connectivity index (χ1v) is 9.94. The highest BCUT2D eigenvalue weighted by Gasteiger charge is 2.40. The maximum Gasteiger partial charge on any atom is 0.194 e.